The lowest BCUT2D eigenvalue weighted by Crippen LogP contribution is -2.32. The van der Waals surface area contributed by atoms with E-state index < -0.39 is 0 Å². The van der Waals surface area contributed by atoms with Crippen LogP contribution in [0, 0.1) is 0 Å². The van der Waals surface area contributed by atoms with Crippen molar-refractivity contribution in [3.63, 3.8) is 0 Å². The van der Waals surface area contributed by atoms with E-state index in [2.05, 4.69) is 49.9 Å². The fraction of sp³-hybridized carbons (Fsp3) is 0.310. The number of hydrogen-bond donors (Lipinski definition) is 0. The number of rotatable bonds is 11. The third kappa shape index (κ3) is 6.48. The fourth-order valence-electron chi connectivity index (χ4n) is 4.07. The summed E-state index contributed by atoms with van der Waals surface area (Å²) < 4.78 is 6.02. The van der Waals surface area contributed by atoms with Crippen LogP contribution in [0.3, 0.4) is 0 Å². The molecule has 32 heavy (non-hydrogen) atoms. The van der Waals surface area contributed by atoms with Gasteiger partial charge in [0.15, 0.2) is 0 Å². The number of ether oxygens (including phenoxy) is 1. The predicted octanol–water partition coefficient (Wildman–Crippen LogP) is 7.73. The van der Waals surface area contributed by atoms with E-state index in [1.54, 1.807) is 0 Å². The van der Waals surface area contributed by atoms with Crippen molar-refractivity contribution in [3.8, 4) is 5.75 Å². The van der Waals surface area contributed by atoms with E-state index in [1.165, 1.54) is 0 Å². The third-order valence-corrected chi connectivity index (χ3v) is 6.33. The maximum atomic E-state index is 6.91. The minimum absolute atomic E-state index is 0.592. The molecule has 2 nitrogen and oxygen atoms in total. The molecular formula is C29H34ClNO. The van der Waals surface area contributed by atoms with Gasteiger partial charge in [0.2, 0.25) is 0 Å². The zero-order valence-corrected chi connectivity index (χ0v) is 20.2. The zero-order chi connectivity index (χ0) is 22.8. The average molecular weight is 448 g/mol. The summed E-state index contributed by atoms with van der Waals surface area (Å²) in [5, 5.41) is 0.746. The summed E-state index contributed by atoms with van der Waals surface area (Å²) in [6.07, 6.45) is 2.20. The van der Waals surface area contributed by atoms with Crippen LogP contribution >= 0.6 is 11.6 Å². The molecule has 0 saturated heterocycles. The molecule has 3 rings (SSSR count). The van der Waals surface area contributed by atoms with E-state index in [0.29, 0.717) is 6.04 Å². The van der Waals surface area contributed by atoms with Crippen molar-refractivity contribution in [2.45, 2.75) is 39.7 Å². The fourth-order valence-corrected chi connectivity index (χ4v) is 4.41. The molecule has 168 valence electrons. The maximum absolute atomic E-state index is 6.91. The molecule has 0 N–H and O–H groups in total. The van der Waals surface area contributed by atoms with Crippen LogP contribution in [0.5, 0.6) is 5.75 Å². The highest BCUT2D eigenvalue weighted by Crippen LogP contribution is 2.35. The molecule has 3 aromatic carbocycles. The molecular weight excluding hydrogens is 414 g/mol. The highest BCUT2D eigenvalue weighted by atomic mass is 35.5. The van der Waals surface area contributed by atoms with Crippen LogP contribution in [-0.2, 0) is 0 Å². The smallest absolute Gasteiger partial charge is 0.119 e. The Labute approximate surface area is 198 Å². The van der Waals surface area contributed by atoms with Gasteiger partial charge in [0, 0.05) is 11.6 Å². The van der Waals surface area contributed by atoms with E-state index in [9.17, 15) is 0 Å². The first-order valence-electron chi connectivity index (χ1n) is 11.6. The van der Waals surface area contributed by atoms with Crippen molar-refractivity contribution in [2.75, 3.05) is 19.7 Å². The second-order valence-electron chi connectivity index (χ2n) is 8.01. The van der Waals surface area contributed by atoms with Crippen LogP contribution in [0.4, 0.5) is 0 Å². The normalized spacial score (nSPS) is 13.0. The van der Waals surface area contributed by atoms with Crippen LogP contribution in [0.1, 0.15) is 50.3 Å². The molecule has 0 saturated carbocycles. The summed E-state index contributed by atoms with van der Waals surface area (Å²) in [4.78, 5) is 2.49. The molecule has 1 unspecified atom stereocenters. The first-order chi connectivity index (χ1) is 15.6. The molecule has 0 fully saturated rings. The molecule has 0 aliphatic carbocycles. The Balaban J connectivity index is 1.72. The lowest BCUT2D eigenvalue weighted by Gasteiger charge is -2.26. The SMILES string of the molecule is CCN(CC)C(C)CCCOc1ccc(C(=C(Cl)c2ccccc2)c2ccccc2)cc1. The number of hydrogen-bond acceptors (Lipinski definition) is 2. The maximum Gasteiger partial charge on any atom is 0.119 e. The van der Waals surface area contributed by atoms with Crippen molar-refractivity contribution in [1.82, 2.24) is 4.90 Å². The molecule has 0 amide bonds. The van der Waals surface area contributed by atoms with Crippen molar-refractivity contribution in [1.29, 1.82) is 0 Å². The Morgan fingerprint density at radius 2 is 1.31 bits per heavy atom. The summed E-state index contributed by atoms with van der Waals surface area (Å²) in [6.45, 7) is 9.68. The Bertz CT molecular complexity index is 963. The van der Waals surface area contributed by atoms with Gasteiger partial charge in [0.1, 0.15) is 5.75 Å². The highest BCUT2D eigenvalue weighted by Gasteiger charge is 2.13. The summed E-state index contributed by atoms with van der Waals surface area (Å²) in [6, 6.07) is 29.3. The average Bonchev–Trinajstić information content (AvgIpc) is 2.85. The van der Waals surface area contributed by atoms with Crippen molar-refractivity contribution < 1.29 is 4.74 Å². The number of halogens is 1. The minimum atomic E-state index is 0.592. The largest absolute Gasteiger partial charge is 0.494 e. The van der Waals surface area contributed by atoms with Gasteiger partial charge in [-0.2, -0.15) is 0 Å². The Kier molecular flexibility index (Phi) is 9.40. The predicted molar refractivity (Wildman–Crippen MR) is 138 cm³/mol. The van der Waals surface area contributed by atoms with Gasteiger partial charge in [-0.3, -0.25) is 0 Å². The Hall–Kier alpha value is -2.55. The summed E-state index contributed by atoms with van der Waals surface area (Å²) in [5.41, 5.74) is 4.21. The molecule has 0 radical (unpaired) electrons. The third-order valence-electron chi connectivity index (χ3n) is 5.92. The van der Waals surface area contributed by atoms with Gasteiger partial charge in [0.05, 0.1) is 11.6 Å². The van der Waals surface area contributed by atoms with Gasteiger partial charge in [-0.15, -0.1) is 0 Å². The molecule has 0 aliphatic rings. The molecule has 0 spiro atoms. The van der Waals surface area contributed by atoms with Crippen LogP contribution in [0.15, 0.2) is 84.9 Å². The van der Waals surface area contributed by atoms with E-state index >= 15 is 0 Å². The van der Waals surface area contributed by atoms with Gasteiger partial charge in [-0.25, -0.2) is 0 Å². The van der Waals surface area contributed by atoms with Crippen LogP contribution in [-0.4, -0.2) is 30.6 Å². The van der Waals surface area contributed by atoms with E-state index in [4.69, 9.17) is 16.3 Å². The first-order valence-corrected chi connectivity index (χ1v) is 12.0. The lowest BCUT2D eigenvalue weighted by molar-refractivity contribution is 0.204. The zero-order valence-electron chi connectivity index (χ0n) is 19.4. The molecule has 3 aromatic rings. The van der Waals surface area contributed by atoms with Crippen molar-refractivity contribution >= 4 is 22.2 Å². The molecule has 0 heterocycles. The van der Waals surface area contributed by atoms with Crippen LogP contribution in [0.2, 0.25) is 0 Å². The highest BCUT2D eigenvalue weighted by molar-refractivity contribution is 6.53. The van der Waals surface area contributed by atoms with Gasteiger partial charge in [0.25, 0.3) is 0 Å². The standard InChI is InChI=1S/C29H34ClNO/c1-4-31(5-2)23(3)13-12-22-32-27-20-18-25(19-21-27)28(24-14-8-6-9-15-24)29(30)26-16-10-7-11-17-26/h6-11,14-21,23H,4-5,12-13,22H2,1-3H3. The summed E-state index contributed by atoms with van der Waals surface area (Å²) in [7, 11) is 0. The summed E-state index contributed by atoms with van der Waals surface area (Å²) >= 11 is 6.91. The minimum Gasteiger partial charge on any atom is -0.494 e. The number of benzene rings is 3. The number of nitrogens with zero attached hydrogens (tertiary/aromatic N) is 1. The van der Waals surface area contributed by atoms with E-state index in [-0.39, 0.29) is 0 Å². The molecule has 0 aromatic heterocycles. The molecule has 0 bridgehead atoms. The molecule has 1 atom stereocenters. The quantitative estimate of drug-likeness (QED) is 0.220. The topological polar surface area (TPSA) is 12.5 Å². The van der Waals surface area contributed by atoms with Crippen LogP contribution < -0.4 is 4.74 Å². The van der Waals surface area contributed by atoms with Crippen LogP contribution in [0.25, 0.3) is 10.6 Å². The Morgan fingerprint density at radius 3 is 1.88 bits per heavy atom. The lowest BCUT2D eigenvalue weighted by atomic mass is 9.95. The second kappa shape index (κ2) is 12.5. The van der Waals surface area contributed by atoms with Gasteiger partial charge in [-0.05, 0) is 61.7 Å². The Morgan fingerprint density at radius 1 is 0.781 bits per heavy atom. The van der Waals surface area contributed by atoms with Gasteiger partial charge < -0.3 is 9.64 Å². The molecule has 3 heteroatoms. The van der Waals surface area contributed by atoms with E-state index in [1.807, 2.05) is 60.7 Å². The van der Waals surface area contributed by atoms with E-state index in [0.717, 1.165) is 65.6 Å². The summed E-state index contributed by atoms with van der Waals surface area (Å²) in [5.74, 6) is 0.896. The van der Waals surface area contributed by atoms with Gasteiger partial charge in [-0.1, -0.05) is 98.2 Å². The van der Waals surface area contributed by atoms with Crippen molar-refractivity contribution in [3.05, 3.63) is 102 Å². The molecule has 0 aliphatic heterocycles. The monoisotopic (exact) mass is 447 g/mol. The first kappa shape index (κ1) is 24.1. The second-order valence-corrected chi connectivity index (χ2v) is 8.38. The van der Waals surface area contributed by atoms with Gasteiger partial charge >= 0.3 is 0 Å². The van der Waals surface area contributed by atoms with Crippen molar-refractivity contribution in [2.24, 2.45) is 0 Å².